The molecule has 0 aromatic heterocycles. The summed E-state index contributed by atoms with van der Waals surface area (Å²) in [6, 6.07) is 15.4. The molecule has 3 rings (SSSR count). The normalized spacial score (nSPS) is 18.5. The topological polar surface area (TPSA) is 138 Å². The predicted molar refractivity (Wildman–Crippen MR) is 261 cm³/mol. The highest BCUT2D eigenvalue weighted by Gasteiger charge is 2.44. The quantitative estimate of drug-likeness (QED) is 0.102. The number of hydrogen-bond acceptors (Lipinski definition) is 8. The third kappa shape index (κ3) is 15.7. The fourth-order valence-electron chi connectivity index (χ4n) is 9.89. The maximum Gasteiger partial charge on any atom is 0.247 e. The number of ether oxygens (including phenoxy) is 2. The van der Waals surface area contributed by atoms with Crippen LogP contribution in [-0.4, -0.2) is 122 Å². The second kappa shape index (κ2) is 25.7. The molecule has 1 saturated heterocycles. The number of carbonyl (C=O) groups is 5. The highest BCUT2D eigenvalue weighted by Crippen LogP contribution is 2.32. The molecule has 1 fully saturated rings. The molecule has 0 unspecified atom stereocenters. The Morgan fingerprint density at radius 2 is 1.42 bits per heavy atom. The van der Waals surface area contributed by atoms with Gasteiger partial charge in [-0.1, -0.05) is 125 Å². The van der Waals surface area contributed by atoms with Crippen LogP contribution in [0.15, 0.2) is 54.6 Å². The van der Waals surface area contributed by atoms with Crippen molar-refractivity contribution in [2.24, 2.45) is 35.0 Å². The number of anilines is 1. The highest BCUT2D eigenvalue weighted by atomic mass is 16.5. The molecule has 0 spiro atoms. The van der Waals surface area contributed by atoms with Crippen molar-refractivity contribution < 1.29 is 33.4 Å². The van der Waals surface area contributed by atoms with Crippen molar-refractivity contribution in [1.82, 2.24) is 20.0 Å². The van der Waals surface area contributed by atoms with Gasteiger partial charge in [0.05, 0.1) is 42.7 Å². The Balaban J connectivity index is 1.82. The summed E-state index contributed by atoms with van der Waals surface area (Å²) >= 11 is 0. The van der Waals surface area contributed by atoms with Crippen molar-refractivity contribution in [2.75, 3.05) is 47.2 Å². The number of ketones is 1. The molecule has 2 N–H and O–H groups in total. The van der Waals surface area contributed by atoms with E-state index in [0.717, 1.165) is 31.2 Å². The van der Waals surface area contributed by atoms with Gasteiger partial charge in [0.25, 0.3) is 0 Å². The number of Topliss-reactive ketones (excluding diaryl/α,β-unsaturated/α-hetero) is 1. The van der Waals surface area contributed by atoms with Crippen LogP contribution in [0.5, 0.6) is 0 Å². The van der Waals surface area contributed by atoms with Crippen LogP contribution in [-0.2, 0) is 46.3 Å². The molecule has 2 aromatic carbocycles. The van der Waals surface area contributed by atoms with Gasteiger partial charge in [0.2, 0.25) is 23.6 Å². The fraction of sp³-hybridized carbons (Fsp3) is 0.679. The molecule has 0 bridgehead atoms. The summed E-state index contributed by atoms with van der Waals surface area (Å²) in [5.74, 6) is -2.05. The number of nitrogens with zero attached hydrogens (tertiary/aromatic N) is 3. The Morgan fingerprint density at radius 3 is 1.94 bits per heavy atom. The molecule has 12 heteroatoms. The van der Waals surface area contributed by atoms with Gasteiger partial charge in [-0.25, -0.2) is 0 Å². The van der Waals surface area contributed by atoms with Crippen LogP contribution in [0.2, 0.25) is 0 Å². The van der Waals surface area contributed by atoms with Gasteiger partial charge in [0, 0.05) is 52.3 Å². The van der Waals surface area contributed by atoms with Crippen LogP contribution in [0.25, 0.3) is 0 Å². The van der Waals surface area contributed by atoms with Crippen molar-refractivity contribution in [3.05, 3.63) is 65.7 Å². The van der Waals surface area contributed by atoms with Crippen LogP contribution >= 0.6 is 0 Å². The summed E-state index contributed by atoms with van der Waals surface area (Å²) in [7, 11) is 8.74. The molecule has 0 saturated carbocycles. The first-order valence-electron chi connectivity index (χ1n) is 24.1. The number of hydrogen-bond donors (Lipinski definition) is 2. The molecule has 2 aromatic rings. The molecule has 1 aliphatic heterocycles. The summed E-state index contributed by atoms with van der Waals surface area (Å²) in [4.78, 5) is 76.5. The van der Waals surface area contributed by atoms with Crippen molar-refractivity contribution in [3.63, 3.8) is 0 Å². The third-order valence-corrected chi connectivity index (χ3v) is 13.7. The zero-order valence-electron chi connectivity index (χ0n) is 42.6. The lowest BCUT2D eigenvalue weighted by Gasteiger charge is -2.41. The number of likely N-dealkylation sites (tertiary alicyclic amines) is 1. The first-order chi connectivity index (χ1) is 30.6. The van der Waals surface area contributed by atoms with E-state index in [1.54, 1.807) is 33.1 Å². The largest absolute Gasteiger partial charge is 0.379 e. The van der Waals surface area contributed by atoms with E-state index in [0.29, 0.717) is 18.7 Å². The predicted octanol–water partition coefficient (Wildman–Crippen LogP) is 8.07. The summed E-state index contributed by atoms with van der Waals surface area (Å²) in [6.07, 6.45) is 2.94. The Labute approximate surface area is 392 Å². The van der Waals surface area contributed by atoms with Gasteiger partial charge in [-0.2, -0.15) is 0 Å². The third-order valence-electron chi connectivity index (χ3n) is 13.7. The average molecular weight is 904 g/mol. The molecule has 0 radical (unpaired) electrons. The summed E-state index contributed by atoms with van der Waals surface area (Å²) in [6.45, 7) is 21.1. The van der Waals surface area contributed by atoms with E-state index in [1.165, 1.54) is 5.56 Å². The number of carbonyl (C=O) groups excluding carboxylic acids is 5. The maximum atomic E-state index is 14.6. The molecule has 4 amide bonds. The summed E-state index contributed by atoms with van der Waals surface area (Å²) < 4.78 is 12.2. The van der Waals surface area contributed by atoms with Crippen molar-refractivity contribution >= 4 is 35.1 Å². The Bertz CT molecular complexity index is 1800. The van der Waals surface area contributed by atoms with Gasteiger partial charge in [0.15, 0.2) is 5.78 Å². The minimum Gasteiger partial charge on any atom is -0.379 e. The van der Waals surface area contributed by atoms with Gasteiger partial charge in [-0.3, -0.25) is 28.9 Å². The van der Waals surface area contributed by atoms with Gasteiger partial charge in [-0.05, 0) is 79.8 Å². The number of likely N-dealkylation sites (N-methyl/N-ethyl adjacent to an activating group) is 2. The second-order valence-electron chi connectivity index (χ2n) is 20.6. The number of rotatable bonds is 25. The molecule has 65 heavy (non-hydrogen) atoms. The Kier molecular flexibility index (Phi) is 21.8. The minimum atomic E-state index is -0.872. The first kappa shape index (κ1) is 55.2. The average Bonchev–Trinajstić information content (AvgIpc) is 3.74. The fourth-order valence-corrected chi connectivity index (χ4v) is 9.89. The van der Waals surface area contributed by atoms with E-state index < -0.39 is 42.2 Å². The lowest BCUT2D eigenvalue weighted by atomic mass is 9.82. The molecular formula is C53H85N5O7. The number of amides is 4. The molecule has 10 atom stereocenters. The zero-order chi connectivity index (χ0) is 48.8. The monoisotopic (exact) mass is 904 g/mol. The maximum absolute atomic E-state index is 14.6. The second-order valence-corrected chi connectivity index (χ2v) is 20.6. The Hall–Kier alpha value is -4.13. The number of benzene rings is 2. The molecule has 1 heterocycles. The smallest absolute Gasteiger partial charge is 0.247 e. The van der Waals surface area contributed by atoms with E-state index in [-0.39, 0.29) is 77.9 Å². The highest BCUT2D eigenvalue weighted by molar-refractivity contribution is 5.97. The summed E-state index contributed by atoms with van der Waals surface area (Å²) in [5.41, 5.74) is 2.85. The molecular weight excluding hydrogens is 819 g/mol. The van der Waals surface area contributed by atoms with Crippen molar-refractivity contribution in [1.29, 1.82) is 0 Å². The standard InChI is InChI=1S/C53H85N5O7/c1-16-35(5)41(31-44(59)47(34(3)4)56(11)12)52(63)57(13)48(36(6)17-2)45(64-14)32-46(60)58-29-21-24-43(58)49(65-15)37(7)50(61)55-42(30-38-22-19-18-20-23-38)51(62)54-40-27-25-39(26-28-40)33-53(8,9)10/h18-20,22-23,25-28,34-37,41-43,45,47-49H,16-17,21,24,29-33H2,1-15H3,(H,54,62)(H,55,61)/t35-,36-,37+,41-,42-,43-,45+,47-,48-,49+/m0/s1. The van der Waals surface area contributed by atoms with E-state index in [1.807, 2.05) is 106 Å². The van der Waals surface area contributed by atoms with Crippen LogP contribution in [0.3, 0.4) is 0 Å². The number of methoxy groups -OCH3 is 2. The van der Waals surface area contributed by atoms with E-state index >= 15 is 0 Å². The van der Waals surface area contributed by atoms with Crippen LogP contribution in [0.4, 0.5) is 5.69 Å². The SMILES string of the molecule is CC[C@H](C)[C@@H]([C@@H](CC(=O)N1CCC[C@H]1[C@H](OC)[C@@H](C)C(=O)N[C@@H](Cc1ccccc1)C(=O)Nc1ccc(CC(C)(C)C)cc1)OC)N(C)C(=O)[C@@H](CC(=O)[C@H](C(C)C)N(C)C)[C@@H](C)CC. The summed E-state index contributed by atoms with van der Waals surface area (Å²) in [5, 5.41) is 6.06. The molecule has 0 aliphatic carbocycles. The Morgan fingerprint density at radius 1 is 0.800 bits per heavy atom. The number of nitrogens with one attached hydrogen (secondary N) is 2. The van der Waals surface area contributed by atoms with Crippen molar-refractivity contribution in [3.8, 4) is 0 Å². The molecule has 12 nitrogen and oxygen atoms in total. The van der Waals surface area contributed by atoms with E-state index in [4.69, 9.17) is 9.47 Å². The van der Waals surface area contributed by atoms with Crippen LogP contribution < -0.4 is 10.6 Å². The lowest BCUT2D eigenvalue weighted by Crippen LogP contribution is -2.55. The molecule has 364 valence electrons. The van der Waals surface area contributed by atoms with Gasteiger partial charge < -0.3 is 29.9 Å². The van der Waals surface area contributed by atoms with E-state index in [9.17, 15) is 24.0 Å². The molecule has 1 aliphatic rings. The van der Waals surface area contributed by atoms with E-state index in [2.05, 4.69) is 45.3 Å². The minimum absolute atomic E-state index is 0.0150. The van der Waals surface area contributed by atoms with Crippen molar-refractivity contribution in [2.45, 2.75) is 157 Å². The van der Waals surface area contributed by atoms with Gasteiger partial charge in [-0.15, -0.1) is 0 Å². The zero-order valence-corrected chi connectivity index (χ0v) is 42.6. The van der Waals surface area contributed by atoms with Gasteiger partial charge >= 0.3 is 0 Å². The van der Waals surface area contributed by atoms with Crippen LogP contribution in [0.1, 0.15) is 119 Å². The van der Waals surface area contributed by atoms with Gasteiger partial charge in [0.1, 0.15) is 6.04 Å². The first-order valence-corrected chi connectivity index (χ1v) is 24.1. The lowest BCUT2D eigenvalue weighted by molar-refractivity contribution is -0.149. The van der Waals surface area contributed by atoms with Crippen LogP contribution in [0, 0.1) is 35.0 Å².